The van der Waals surface area contributed by atoms with E-state index in [0.717, 1.165) is 14.6 Å². The molecule has 0 aliphatic carbocycles. The van der Waals surface area contributed by atoms with Crippen molar-refractivity contribution in [3.8, 4) is 0 Å². The maximum absolute atomic E-state index is 12.2. The van der Waals surface area contributed by atoms with Crippen molar-refractivity contribution in [1.29, 1.82) is 0 Å². The van der Waals surface area contributed by atoms with Gasteiger partial charge in [0.15, 0.2) is 0 Å². The number of hydrogen-bond acceptors (Lipinski definition) is 5. The van der Waals surface area contributed by atoms with Crippen LogP contribution in [0.2, 0.25) is 0 Å². The fourth-order valence-corrected chi connectivity index (χ4v) is 3.28. The van der Waals surface area contributed by atoms with E-state index in [4.69, 9.17) is 0 Å². The largest absolute Gasteiger partial charge is 0.332 e. The van der Waals surface area contributed by atoms with Gasteiger partial charge in [-0.2, -0.15) is 5.10 Å². The SMILES string of the molecule is Cn1c2c(c(=O)n(C)c1=O)SC(c1ccc(Br)cc1)=NN2. The molecule has 2 aromatic rings. The minimum absolute atomic E-state index is 0.324. The maximum atomic E-state index is 12.2. The van der Waals surface area contributed by atoms with Crippen LogP contribution in [0.1, 0.15) is 5.56 Å². The number of halogens is 1. The lowest BCUT2D eigenvalue weighted by Crippen LogP contribution is -2.39. The first-order valence-corrected chi connectivity index (χ1v) is 7.67. The number of thioether (sulfide) groups is 1. The molecule has 108 valence electrons. The summed E-state index contributed by atoms with van der Waals surface area (Å²) in [5.41, 5.74) is 3.00. The number of nitrogens with zero attached hydrogens (tertiary/aromatic N) is 3. The highest BCUT2D eigenvalue weighted by Gasteiger charge is 2.22. The summed E-state index contributed by atoms with van der Waals surface area (Å²) in [5.74, 6) is 0.425. The quantitative estimate of drug-likeness (QED) is 0.834. The van der Waals surface area contributed by atoms with Crippen molar-refractivity contribution < 1.29 is 0 Å². The molecule has 0 radical (unpaired) electrons. The molecule has 1 aliphatic rings. The number of rotatable bonds is 1. The molecule has 0 saturated carbocycles. The van der Waals surface area contributed by atoms with Crippen molar-refractivity contribution in [2.24, 2.45) is 19.2 Å². The third-order valence-electron chi connectivity index (χ3n) is 3.18. The van der Waals surface area contributed by atoms with Crippen molar-refractivity contribution in [3.05, 3.63) is 55.1 Å². The number of anilines is 1. The topological polar surface area (TPSA) is 68.4 Å². The third-order valence-corrected chi connectivity index (χ3v) is 4.80. The van der Waals surface area contributed by atoms with Crippen LogP contribution < -0.4 is 16.7 Å². The highest BCUT2D eigenvalue weighted by Crippen LogP contribution is 2.30. The zero-order valence-electron chi connectivity index (χ0n) is 11.3. The van der Waals surface area contributed by atoms with Crippen LogP contribution in [0.4, 0.5) is 5.82 Å². The van der Waals surface area contributed by atoms with Crippen LogP contribution in [0.3, 0.4) is 0 Å². The van der Waals surface area contributed by atoms with Crippen molar-refractivity contribution >= 4 is 38.6 Å². The maximum Gasteiger partial charge on any atom is 0.332 e. The predicted octanol–water partition coefficient (Wildman–Crippen LogP) is 1.73. The molecule has 6 nitrogen and oxygen atoms in total. The standard InChI is InChI=1S/C13H11BrN4O2S/c1-17-10-9(12(19)18(2)13(17)20)21-11(16-15-10)7-3-5-8(14)6-4-7/h3-6,15H,1-2H3. The summed E-state index contributed by atoms with van der Waals surface area (Å²) in [7, 11) is 3.07. The van der Waals surface area contributed by atoms with E-state index in [1.165, 1.54) is 23.4 Å². The van der Waals surface area contributed by atoms with Crippen LogP contribution in [0.5, 0.6) is 0 Å². The lowest BCUT2D eigenvalue weighted by molar-refractivity contribution is 0.667. The molecule has 0 fully saturated rings. The molecule has 3 rings (SSSR count). The van der Waals surface area contributed by atoms with E-state index < -0.39 is 0 Å². The van der Waals surface area contributed by atoms with Crippen molar-refractivity contribution in [2.45, 2.75) is 4.90 Å². The van der Waals surface area contributed by atoms with E-state index in [-0.39, 0.29) is 11.2 Å². The molecule has 0 unspecified atom stereocenters. The zero-order valence-corrected chi connectivity index (χ0v) is 13.7. The average Bonchev–Trinajstić information content (AvgIpc) is 2.51. The second-order valence-electron chi connectivity index (χ2n) is 4.52. The Morgan fingerprint density at radius 1 is 1.14 bits per heavy atom. The Balaban J connectivity index is 2.10. The Kier molecular flexibility index (Phi) is 3.50. The molecule has 1 aliphatic heterocycles. The second-order valence-corrected chi connectivity index (χ2v) is 6.44. The van der Waals surface area contributed by atoms with Gasteiger partial charge < -0.3 is 0 Å². The van der Waals surface area contributed by atoms with Gasteiger partial charge in [0.2, 0.25) is 0 Å². The van der Waals surface area contributed by atoms with Gasteiger partial charge in [0.05, 0.1) is 0 Å². The predicted molar refractivity (Wildman–Crippen MR) is 87.1 cm³/mol. The highest BCUT2D eigenvalue weighted by atomic mass is 79.9. The van der Waals surface area contributed by atoms with Crippen molar-refractivity contribution in [1.82, 2.24) is 9.13 Å². The van der Waals surface area contributed by atoms with Gasteiger partial charge in [-0.15, -0.1) is 0 Å². The van der Waals surface area contributed by atoms with E-state index in [2.05, 4.69) is 26.5 Å². The molecular formula is C13H11BrN4O2S. The highest BCUT2D eigenvalue weighted by molar-refractivity contribution is 9.10. The van der Waals surface area contributed by atoms with Crippen molar-refractivity contribution in [2.75, 3.05) is 5.43 Å². The van der Waals surface area contributed by atoms with Crippen molar-refractivity contribution in [3.63, 3.8) is 0 Å². The van der Waals surface area contributed by atoms with E-state index in [1.807, 2.05) is 24.3 Å². The Hall–Kier alpha value is -1.80. The summed E-state index contributed by atoms with van der Waals surface area (Å²) in [6.45, 7) is 0. The summed E-state index contributed by atoms with van der Waals surface area (Å²) in [6.07, 6.45) is 0. The molecule has 0 amide bonds. The fourth-order valence-electron chi connectivity index (χ4n) is 1.97. The van der Waals surface area contributed by atoms with E-state index in [1.54, 1.807) is 7.05 Å². The first-order chi connectivity index (χ1) is 9.99. The minimum Gasteiger partial charge on any atom is -0.280 e. The van der Waals surface area contributed by atoms with Gasteiger partial charge in [-0.05, 0) is 12.1 Å². The van der Waals surface area contributed by atoms with Crippen LogP contribution in [0.25, 0.3) is 0 Å². The molecule has 1 aromatic heterocycles. The van der Waals surface area contributed by atoms with E-state index in [9.17, 15) is 9.59 Å². The molecule has 0 atom stereocenters. The Labute approximate surface area is 132 Å². The molecule has 2 heterocycles. The molecule has 0 spiro atoms. The summed E-state index contributed by atoms with van der Waals surface area (Å²) < 4.78 is 3.45. The number of hydrazone groups is 1. The Bertz CT molecular complexity index is 867. The fraction of sp³-hybridized carbons (Fsp3) is 0.154. The molecule has 0 bridgehead atoms. The summed E-state index contributed by atoms with van der Waals surface area (Å²) in [4.78, 5) is 24.6. The molecule has 21 heavy (non-hydrogen) atoms. The average molecular weight is 367 g/mol. The number of hydrogen-bond donors (Lipinski definition) is 1. The normalized spacial score (nSPS) is 13.4. The Morgan fingerprint density at radius 2 is 1.81 bits per heavy atom. The monoisotopic (exact) mass is 366 g/mol. The van der Waals surface area contributed by atoms with Crippen LogP contribution in [0, 0.1) is 0 Å². The van der Waals surface area contributed by atoms with Gasteiger partial charge in [0.25, 0.3) is 5.56 Å². The zero-order chi connectivity index (χ0) is 15.1. The Morgan fingerprint density at radius 3 is 2.48 bits per heavy atom. The van der Waals surface area contributed by atoms with Crippen LogP contribution in [0.15, 0.2) is 48.3 Å². The lowest BCUT2D eigenvalue weighted by atomic mass is 10.2. The number of nitrogens with one attached hydrogen (secondary N) is 1. The van der Waals surface area contributed by atoms with Gasteiger partial charge in [0, 0.05) is 24.1 Å². The van der Waals surface area contributed by atoms with Gasteiger partial charge in [-0.25, -0.2) is 4.79 Å². The number of fused-ring (bicyclic) bond motifs is 1. The van der Waals surface area contributed by atoms with Crippen LogP contribution >= 0.6 is 27.7 Å². The number of aromatic nitrogens is 2. The first kappa shape index (κ1) is 14.2. The molecule has 0 saturated heterocycles. The summed E-state index contributed by atoms with van der Waals surface area (Å²) in [5, 5.41) is 4.94. The van der Waals surface area contributed by atoms with Gasteiger partial charge in [-0.1, -0.05) is 39.8 Å². The van der Waals surface area contributed by atoms with Gasteiger partial charge in [-0.3, -0.25) is 19.4 Å². The second kappa shape index (κ2) is 5.19. The van der Waals surface area contributed by atoms with Gasteiger partial charge >= 0.3 is 5.69 Å². The van der Waals surface area contributed by atoms with Crippen LogP contribution in [-0.2, 0) is 14.1 Å². The van der Waals surface area contributed by atoms with Crippen LogP contribution in [-0.4, -0.2) is 14.2 Å². The van der Waals surface area contributed by atoms with E-state index in [0.29, 0.717) is 15.8 Å². The first-order valence-electron chi connectivity index (χ1n) is 6.06. The lowest BCUT2D eigenvalue weighted by Gasteiger charge is -2.19. The number of benzene rings is 1. The summed E-state index contributed by atoms with van der Waals surface area (Å²) in [6, 6.07) is 7.64. The molecule has 1 aromatic carbocycles. The molecule has 1 N–H and O–H groups in total. The van der Waals surface area contributed by atoms with E-state index >= 15 is 0 Å². The van der Waals surface area contributed by atoms with Gasteiger partial charge in [0.1, 0.15) is 15.8 Å². The minimum atomic E-state index is -0.380. The molecular weight excluding hydrogens is 356 g/mol. The molecule has 8 heteroatoms. The summed E-state index contributed by atoms with van der Waals surface area (Å²) >= 11 is 4.64. The smallest absolute Gasteiger partial charge is 0.280 e. The third kappa shape index (κ3) is 2.34.